The van der Waals surface area contributed by atoms with Crippen molar-refractivity contribution >= 4 is 58.2 Å². The number of carbonyl (C=O) groups excluding carboxylic acids is 2. The Morgan fingerprint density at radius 2 is 1.84 bits per heavy atom. The topological polar surface area (TPSA) is 91.6 Å². The summed E-state index contributed by atoms with van der Waals surface area (Å²) in [6.07, 6.45) is 5.28. The average molecular weight is 534 g/mol. The Morgan fingerprint density at radius 1 is 1.11 bits per heavy atom. The highest BCUT2D eigenvalue weighted by Crippen LogP contribution is 2.39. The molecule has 2 aromatic heterocycles. The van der Waals surface area contributed by atoms with Crippen LogP contribution in [-0.2, 0) is 22.4 Å². The number of carboxylic acid groups (broad SMARTS) is 1. The number of anilines is 1. The number of benzene rings is 1. The number of aryl methyl sites for hydroxylation is 4. The van der Waals surface area contributed by atoms with Crippen molar-refractivity contribution in [3.8, 4) is 5.00 Å². The fourth-order valence-corrected chi connectivity index (χ4v) is 7.03. The molecule has 1 aliphatic heterocycles. The second-order valence-electron chi connectivity index (χ2n) is 9.61. The molecule has 1 aromatic carbocycles. The molecule has 1 fully saturated rings. The number of aromatic carboxylic acids is 1. The summed E-state index contributed by atoms with van der Waals surface area (Å²) in [5, 5.41) is 13.4. The Bertz CT molecular complexity index is 1540. The molecule has 0 atom stereocenters. The van der Waals surface area contributed by atoms with Gasteiger partial charge in [0, 0.05) is 16.3 Å². The monoisotopic (exact) mass is 533 g/mol. The van der Waals surface area contributed by atoms with Gasteiger partial charge in [-0.15, -0.1) is 11.3 Å². The van der Waals surface area contributed by atoms with Crippen LogP contribution in [-0.4, -0.2) is 32.6 Å². The van der Waals surface area contributed by atoms with E-state index in [9.17, 15) is 19.5 Å². The lowest BCUT2D eigenvalue weighted by Gasteiger charge is -2.30. The zero-order valence-corrected chi connectivity index (χ0v) is 22.7. The van der Waals surface area contributed by atoms with Crippen molar-refractivity contribution in [2.75, 3.05) is 4.90 Å². The summed E-state index contributed by atoms with van der Waals surface area (Å²) >= 11 is 6.88. The number of carboxylic acids is 1. The largest absolute Gasteiger partial charge is 0.478 e. The first-order valence-corrected chi connectivity index (χ1v) is 13.4. The van der Waals surface area contributed by atoms with Crippen LogP contribution < -0.4 is 10.2 Å². The van der Waals surface area contributed by atoms with Crippen molar-refractivity contribution in [3.63, 3.8) is 0 Å². The van der Waals surface area contributed by atoms with E-state index in [0.29, 0.717) is 21.8 Å². The summed E-state index contributed by atoms with van der Waals surface area (Å²) in [5.41, 5.74) is 6.07. The Balaban J connectivity index is 1.59. The van der Waals surface area contributed by atoms with Crippen LogP contribution in [0.25, 0.3) is 11.1 Å². The smallest absolute Gasteiger partial charge is 0.339 e. The zero-order chi connectivity index (χ0) is 26.6. The second kappa shape index (κ2) is 9.39. The van der Waals surface area contributed by atoms with Crippen LogP contribution in [0, 0.1) is 27.7 Å². The molecule has 3 heterocycles. The molecule has 190 valence electrons. The lowest BCUT2D eigenvalue weighted by atomic mass is 9.95. The van der Waals surface area contributed by atoms with E-state index in [1.54, 1.807) is 6.08 Å². The minimum Gasteiger partial charge on any atom is -0.478 e. The number of thiocarbonyl (C=S) groups is 1. The molecule has 2 aliphatic rings. The van der Waals surface area contributed by atoms with Crippen LogP contribution >= 0.6 is 23.6 Å². The molecule has 2 amide bonds. The van der Waals surface area contributed by atoms with Gasteiger partial charge in [0.1, 0.15) is 10.6 Å². The van der Waals surface area contributed by atoms with Crippen molar-refractivity contribution in [2.45, 2.75) is 53.4 Å². The first kappa shape index (κ1) is 25.1. The Labute approximate surface area is 224 Å². The van der Waals surface area contributed by atoms with Crippen LogP contribution in [0.2, 0.25) is 0 Å². The predicted molar refractivity (Wildman–Crippen MR) is 149 cm³/mol. The van der Waals surface area contributed by atoms with Crippen molar-refractivity contribution in [2.24, 2.45) is 0 Å². The number of fused-ring (bicyclic) bond motifs is 1. The predicted octanol–water partition coefficient (Wildman–Crippen LogP) is 5.18. The van der Waals surface area contributed by atoms with Gasteiger partial charge >= 0.3 is 5.97 Å². The minimum absolute atomic E-state index is 0.0299. The SMILES string of the molecule is Cc1ccc(N2C(=O)/C(=C/c3cc(C)n(-c4sc5c(c4C(=O)O)CCCC5)c3C)C(=O)NC2=S)c(C)c1. The fourth-order valence-electron chi connectivity index (χ4n) is 5.26. The van der Waals surface area contributed by atoms with E-state index in [0.717, 1.165) is 58.6 Å². The highest BCUT2D eigenvalue weighted by Gasteiger charge is 2.35. The van der Waals surface area contributed by atoms with Crippen molar-refractivity contribution in [1.82, 2.24) is 9.88 Å². The lowest BCUT2D eigenvalue weighted by Crippen LogP contribution is -2.54. The van der Waals surface area contributed by atoms with Gasteiger partial charge in [-0.2, -0.15) is 0 Å². The van der Waals surface area contributed by atoms with Gasteiger partial charge in [0.25, 0.3) is 11.8 Å². The van der Waals surface area contributed by atoms with E-state index in [1.165, 1.54) is 16.2 Å². The molecular weight excluding hydrogens is 506 g/mol. The maximum Gasteiger partial charge on any atom is 0.339 e. The number of carbonyl (C=O) groups is 3. The van der Waals surface area contributed by atoms with Crippen molar-refractivity contribution < 1.29 is 19.5 Å². The maximum absolute atomic E-state index is 13.6. The summed E-state index contributed by atoms with van der Waals surface area (Å²) < 4.78 is 1.93. The van der Waals surface area contributed by atoms with Gasteiger partial charge in [-0.25, -0.2) is 4.79 Å². The van der Waals surface area contributed by atoms with Gasteiger partial charge in [0.15, 0.2) is 5.11 Å². The van der Waals surface area contributed by atoms with Crippen LogP contribution in [0.3, 0.4) is 0 Å². The molecule has 5 rings (SSSR count). The summed E-state index contributed by atoms with van der Waals surface area (Å²) in [7, 11) is 0. The van der Waals surface area contributed by atoms with E-state index in [1.807, 2.05) is 56.5 Å². The third-order valence-corrected chi connectivity index (χ3v) is 8.60. The van der Waals surface area contributed by atoms with E-state index < -0.39 is 17.8 Å². The highest BCUT2D eigenvalue weighted by molar-refractivity contribution is 7.80. The first-order valence-electron chi connectivity index (χ1n) is 12.1. The number of rotatable bonds is 4. The minimum atomic E-state index is -0.929. The molecule has 0 bridgehead atoms. The molecule has 0 saturated carbocycles. The number of hydrogen-bond acceptors (Lipinski definition) is 5. The molecule has 9 heteroatoms. The van der Waals surface area contributed by atoms with Gasteiger partial charge in [0.05, 0.1) is 11.3 Å². The normalized spacial score (nSPS) is 16.8. The van der Waals surface area contributed by atoms with Crippen LogP contribution in [0.5, 0.6) is 0 Å². The van der Waals surface area contributed by atoms with Crippen LogP contribution in [0.1, 0.15) is 61.7 Å². The van der Waals surface area contributed by atoms with Gasteiger partial charge in [-0.1, -0.05) is 17.7 Å². The number of thiophene rings is 1. The van der Waals surface area contributed by atoms with Gasteiger partial charge in [0.2, 0.25) is 0 Å². The summed E-state index contributed by atoms with van der Waals surface area (Å²) in [5.74, 6) is -1.98. The van der Waals surface area contributed by atoms with Gasteiger partial charge < -0.3 is 9.67 Å². The number of amides is 2. The number of hydrogen-bond donors (Lipinski definition) is 2. The van der Waals surface area contributed by atoms with E-state index in [4.69, 9.17) is 12.2 Å². The lowest BCUT2D eigenvalue weighted by molar-refractivity contribution is -0.122. The van der Waals surface area contributed by atoms with E-state index in [-0.39, 0.29) is 10.7 Å². The van der Waals surface area contributed by atoms with Gasteiger partial charge in [-0.05, 0) is 100 Å². The van der Waals surface area contributed by atoms with E-state index in [2.05, 4.69) is 5.32 Å². The van der Waals surface area contributed by atoms with E-state index >= 15 is 0 Å². The highest BCUT2D eigenvalue weighted by atomic mass is 32.1. The molecule has 3 aromatic rings. The third-order valence-electron chi connectivity index (χ3n) is 7.03. The molecule has 0 radical (unpaired) electrons. The van der Waals surface area contributed by atoms with Crippen LogP contribution in [0.4, 0.5) is 5.69 Å². The third kappa shape index (κ3) is 4.22. The molecule has 7 nitrogen and oxygen atoms in total. The molecule has 1 aliphatic carbocycles. The number of nitrogens with zero attached hydrogens (tertiary/aromatic N) is 2. The Kier molecular flexibility index (Phi) is 6.37. The quantitative estimate of drug-likeness (QED) is 0.274. The average Bonchev–Trinajstić information content (AvgIpc) is 3.34. The standard InChI is InChI=1S/C28H27N3O4S2/c1-14-9-10-21(15(2)11-14)31-25(33)20(24(32)29-28(31)36)13-18-12-16(3)30(17(18)4)26-23(27(34)35)19-7-5-6-8-22(19)37-26/h9-13H,5-8H2,1-4H3,(H,34,35)(H,29,32,36)/b20-13+. The second-order valence-corrected chi connectivity index (χ2v) is 11.1. The summed E-state index contributed by atoms with van der Waals surface area (Å²) in [4.78, 5) is 41.2. The van der Waals surface area contributed by atoms with Crippen LogP contribution in [0.15, 0.2) is 29.8 Å². The van der Waals surface area contributed by atoms with Crippen molar-refractivity contribution in [3.05, 3.63) is 73.9 Å². The number of nitrogens with one attached hydrogen (secondary N) is 1. The maximum atomic E-state index is 13.6. The van der Waals surface area contributed by atoms with Crippen molar-refractivity contribution in [1.29, 1.82) is 0 Å². The first-order chi connectivity index (χ1) is 17.6. The molecule has 0 spiro atoms. The van der Waals surface area contributed by atoms with Gasteiger partial charge in [-0.3, -0.25) is 19.8 Å². The molecule has 37 heavy (non-hydrogen) atoms. The number of aromatic nitrogens is 1. The fraction of sp³-hybridized carbons (Fsp3) is 0.286. The summed E-state index contributed by atoms with van der Waals surface area (Å²) in [6, 6.07) is 7.55. The Hall–Kier alpha value is -3.56. The zero-order valence-electron chi connectivity index (χ0n) is 21.1. The molecular formula is C28H27N3O4S2. The Morgan fingerprint density at radius 3 is 2.54 bits per heavy atom. The molecule has 1 saturated heterocycles. The molecule has 2 N–H and O–H groups in total. The summed E-state index contributed by atoms with van der Waals surface area (Å²) in [6.45, 7) is 7.64. The molecule has 0 unspecified atom stereocenters.